The van der Waals surface area contributed by atoms with E-state index in [9.17, 15) is 14.4 Å². The second kappa shape index (κ2) is 56.4. The van der Waals surface area contributed by atoms with Crippen molar-refractivity contribution in [2.24, 2.45) is 0 Å². The maximum Gasteiger partial charge on any atom is 0.306 e. The van der Waals surface area contributed by atoms with Gasteiger partial charge in [0.2, 0.25) is 0 Å². The maximum atomic E-state index is 12.8. The summed E-state index contributed by atoms with van der Waals surface area (Å²) >= 11 is 0. The zero-order valence-electron chi connectivity index (χ0n) is 44.5. The lowest BCUT2D eigenvalue weighted by molar-refractivity contribution is -0.167. The molecule has 0 unspecified atom stereocenters. The standard InChI is InChI=1S/C63H102O6/c1-4-7-10-13-16-19-22-25-28-30-31-33-35-38-41-44-47-50-53-56-62(65)68-59-60(58-67-61(64)55-52-49-46-43-40-37-34-27-24-21-18-15-12-9-6-3)69-63(66)57-54-51-48-45-42-39-36-32-29-26-23-20-17-14-11-8-5-2/h8-9,11-12,16-21,25-29,34,36,39,45,48,60H,4-7,10,13-15,22-24,30-33,35,37-38,40-44,46-47,49-59H2,1-3H3/b11-8-,12-9-,19-16-,20-17-,21-18-,28-25-,29-26-,34-27-,39-36-,48-45-/t60-/m1/s1. The highest BCUT2D eigenvalue weighted by Crippen LogP contribution is 2.14. The zero-order chi connectivity index (χ0) is 50.0. The highest BCUT2D eigenvalue weighted by atomic mass is 16.6. The molecule has 0 saturated carbocycles. The molecule has 0 aromatic carbocycles. The topological polar surface area (TPSA) is 78.9 Å². The molecule has 0 fully saturated rings. The van der Waals surface area contributed by atoms with Gasteiger partial charge >= 0.3 is 17.9 Å². The Kier molecular flexibility index (Phi) is 53.0. The second-order valence-corrected chi connectivity index (χ2v) is 18.1. The minimum atomic E-state index is -0.821. The lowest BCUT2D eigenvalue weighted by atomic mass is 10.1. The molecule has 0 aromatic rings. The van der Waals surface area contributed by atoms with Crippen molar-refractivity contribution in [2.75, 3.05) is 13.2 Å². The first-order valence-electron chi connectivity index (χ1n) is 28.0. The lowest BCUT2D eigenvalue weighted by Gasteiger charge is -2.18. The van der Waals surface area contributed by atoms with Gasteiger partial charge in [0.25, 0.3) is 0 Å². The lowest BCUT2D eigenvalue weighted by Crippen LogP contribution is -2.30. The van der Waals surface area contributed by atoms with Crippen LogP contribution in [0, 0.1) is 0 Å². The van der Waals surface area contributed by atoms with Crippen molar-refractivity contribution in [3.63, 3.8) is 0 Å². The summed E-state index contributed by atoms with van der Waals surface area (Å²) < 4.78 is 16.8. The van der Waals surface area contributed by atoms with E-state index in [1.807, 2.05) is 0 Å². The van der Waals surface area contributed by atoms with E-state index in [2.05, 4.69) is 142 Å². The molecule has 6 heteroatoms. The smallest absolute Gasteiger partial charge is 0.306 e. The SMILES string of the molecule is CC/C=C\C/C=C\C/C=C\C/C=C\C/C=C\CCCC(=O)O[C@H](COC(=O)CCCCCCC/C=C\C/C=C\C/C=C\CC)COC(=O)CCCCCCCCCCC/C=C\C/C=C\CCCCC. The molecule has 69 heavy (non-hydrogen) atoms. The molecule has 0 spiro atoms. The van der Waals surface area contributed by atoms with Gasteiger partial charge in [-0.2, -0.15) is 0 Å². The van der Waals surface area contributed by atoms with Crippen LogP contribution in [0.5, 0.6) is 0 Å². The van der Waals surface area contributed by atoms with Crippen LogP contribution in [0.3, 0.4) is 0 Å². The molecule has 0 aliphatic carbocycles. The number of unbranched alkanes of at least 4 members (excludes halogenated alkanes) is 18. The van der Waals surface area contributed by atoms with E-state index in [0.717, 1.165) is 122 Å². The molecule has 390 valence electrons. The summed E-state index contributed by atoms with van der Waals surface area (Å²) in [5.74, 6) is -0.995. The molecule has 0 bridgehead atoms. The summed E-state index contributed by atoms with van der Waals surface area (Å²) in [5.41, 5.74) is 0. The minimum Gasteiger partial charge on any atom is -0.462 e. The van der Waals surface area contributed by atoms with E-state index in [1.54, 1.807) is 0 Å². The van der Waals surface area contributed by atoms with Gasteiger partial charge in [-0.15, -0.1) is 0 Å². The highest BCUT2D eigenvalue weighted by molar-refractivity contribution is 5.71. The van der Waals surface area contributed by atoms with Crippen LogP contribution in [-0.2, 0) is 28.6 Å². The molecule has 0 heterocycles. The monoisotopic (exact) mass is 955 g/mol. The summed E-state index contributed by atoms with van der Waals surface area (Å²) in [6, 6.07) is 0. The summed E-state index contributed by atoms with van der Waals surface area (Å²) in [6.07, 6.45) is 77.6. The zero-order valence-corrected chi connectivity index (χ0v) is 44.5. The van der Waals surface area contributed by atoms with Crippen molar-refractivity contribution in [1.29, 1.82) is 0 Å². The molecule has 0 amide bonds. The molecule has 0 N–H and O–H groups in total. The Balaban J connectivity index is 4.51. The van der Waals surface area contributed by atoms with Crippen LogP contribution in [0.25, 0.3) is 0 Å². The molecular formula is C63H102O6. The molecule has 0 rings (SSSR count). The molecule has 1 atom stereocenters. The normalized spacial score (nSPS) is 13.0. The van der Waals surface area contributed by atoms with Crippen molar-refractivity contribution in [2.45, 2.75) is 245 Å². The maximum absolute atomic E-state index is 12.8. The van der Waals surface area contributed by atoms with Gasteiger partial charge in [0.1, 0.15) is 13.2 Å². The van der Waals surface area contributed by atoms with Crippen molar-refractivity contribution >= 4 is 17.9 Å². The fourth-order valence-electron chi connectivity index (χ4n) is 7.29. The van der Waals surface area contributed by atoms with Crippen LogP contribution < -0.4 is 0 Å². The van der Waals surface area contributed by atoms with Gasteiger partial charge in [0, 0.05) is 19.3 Å². The molecule has 0 saturated heterocycles. The van der Waals surface area contributed by atoms with E-state index in [0.29, 0.717) is 19.3 Å². The fraction of sp³-hybridized carbons (Fsp3) is 0.635. The first-order valence-corrected chi connectivity index (χ1v) is 28.0. The van der Waals surface area contributed by atoms with E-state index in [1.165, 1.54) is 70.6 Å². The number of carbonyl (C=O) groups is 3. The Hall–Kier alpha value is -4.19. The van der Waals surface area contributed by atoms with Crippen molar-refractivity contribution < 1.29 is 28.6 Å². The van der Waals surface area contributed by atoms with Crippen LogP contribution in [0.15, 0.2) is 122 Å². The average Bonchev–Trinajstić information content (AvgIpc) is 3.35. The van der Waals surface area contributed by atoms with Gasteiger partial charge in [-0.1, -0.05) is 219 Å². The van der Waals surface area contributed by atoms with Crippen LogP contribution in [0.1, 0.15) is 239 Å². The number of rotatable bonds is 49. The Morgan fingerprint density at radius 2 is 0.580 bits per heavy atom. The van der Waals surface area contributed by atoms with Crippen molar-refractivity contribution in [1.82, 2.24) is 0 Å². The molecule has 0 radical (unpaired) electrons. The third-order valence-corrected chi connectivity index (χ3v) is 11.4. The third-order valence-electron chi connectivity index (χ3n) is 11.4. The highest BCUT2D eigenvalue weighted by Gasteiger charge is 2.19. The number of ether oxygens (including phenoxy) is 3. The Bertz CT molecular complexity index is 1470. The number of hydrogen-bond donors (Lipinski definition) is 0. The summed E-state index contributed by atoms with van der Waals surface area (Å²) in [4.78, 5) is 38.1. The molecule has 0 aliphatic heterocycles. The van der Waals surface area contributed by atoms with Crippen LogP contribution >= 0.6 is 0 Å². The Labute approximate surface area is 424 Å². The summed E-state index contributed by atoms with van der Waals surface area (Å²) in [5, 5.41) is 0. The number of hydrogen-bond acceptors (Lipinski definition) is 6. The quantitative estimate of drug-likeness (QED) is 0.0262. The van der Waals surface area contributed by atoms with Gasteiger partial charge < -0.3 is 14.2 Å². The van der Waals surface area contributed by atoms with Crippen molar-refractivity contribution in [3.05, 3.63) is 122 Å². The van der Waals surface area contributed by atoms with E-state index in [4.69, 9.17) is 14.2 Å². The van der Waals surface area contributed by atoms with Gasteiger partial charge in [-0.25, -0.2) is 0 Å². The van der Waals surface area contributed by atoms with Gasteiger partial charge in [0.15, 0.2) is 6.10 Å². The minimum absolute atomic E-state index is 0.111. The predicted molar refractivity (Wildman–Crippen MR) is 297 cm³/mol. The largest absolute Gasteiger partial charge is 0.462 e. The number of esters is 3. The fourth-order valence-corrected chi connectivity index (χ4v) is 7.29. The van der Waals surface area contributed by atoms with Gasteiger partial charge in [-0.05, 0) is 122 Å². The first kappa shape index (κ1) is 64.8. The molecule has 0 aliphatic rings. The molecule has 6 nitrogen and oxygen atoms in total. The van der Waals surface area contributed by atoms with E-state index < -0.39 is 6.10 Å². The second-order valence-electron chi connectivity index (χ2n) is 18.1. The Morgan fingerprint density at radius 1 is 0.304 bits per heavy atom. The summed E-state index contributed by atoms with van der Waals surface area (Å²) in [6.45, 7) is 6.32. The summed E-state index contributed by atoms with van der Waals surface area (Å²) in [7, 11) is 0. The van der Waals surface area contributed by atoms with Crippen molar-refractivity contribution in [3.8, 4) is 0 Å². The van der Waals surface area contributed by atoms with E-state index in [-0.39, 0.29) is 37.5 Å². The van der Waals surface area contributed by atoms with Crippen LogP contribution in [0.4, 0.5) is 0 Å². The Morgan fingerprint density at radius 3 is 0.928 bits per heavy atom. The van der Waals surface area contributed by atoms with Gasteiger partial charge in [0.05, 0.1) is 0 Å². The predicted octanol–water partition coefficient (Wildman–Crippen LogP) is 18.9. The third kappa shape index (κ3) is 54.6. The van der Waals surface area contributed by atoms with Crippen LogP contribution in [0.2, 0.25) is 0 Å². The first-order chi connectivity index (χ1) is 34.0. The van der Waals surface area contributed by atoms with E-state index >= 15 is 0 Å². The number of carbonyl (C=O) groups excluding carboxylic acids is 3. The molecule has 0 aromatic heterocycles. The van der Waals surface area contributed by atoms with Gasteiger partial charge in [-0.3, -0.25) is 14.4 Å². The molecular weight excluding hydrogens is 853 g/mol. The number of allylic oxidation sites excluding steroid dienone is 20. The average molecular weight is 956 g/mol. The van der Waals surface area contributed by atoms with Crippen LogP contribution in [-0.4, -0.2) is 37.2 Å².